The van der Waals surface area contributed by atoms with Crippen molar-refractivity contribution in [3.05, 3.63) is 12.3 Å². The molecule has 0 unspecified atom stereocenters. The van der Waals surface area contributed by atoms with Crippen LogP contribution in [0.5, 0.6) is 0 Å². The number of hydrogen-bond donors (Lipinski definition) is 1. The summed E-state index contributed by atoms with van der Waals surface area (Å²) >= 11 is 0. The van der Waals surface area contributed by atoms with Crippen molar-refractivity contribution < 1.29 is 9.60 Å². The van der Waals surface area contributed by atoms with E-state index < -0.39 is 31.6 Å². The Labute approximate surface area is 58.0 Å². The lowest BCUT2D eigenvalue weighted by Crippen LogP contribution is -1.98. The molecule has 1 aromatic heterocycles. The minimum Gasteiger partial charge on any atom is -0.369 e. The van der Waals surface area contributed by atoms with Gasteiger partial charge in [-0.15, -0.1) is 0 Å². The van der Waals surface area contributed by atoms with Crippen molar-refractivity contribution in [3.63, 3.8) is 0 Å². The smallest absolute Gasteiger partial charge is 0.200 e. The molecule has 2 N–H and O–H groups in total. The lowest BCUT2D eigenvalue weighted by Gasteiger charge is -1.94. The minimum absolute atomic E-state index is 0.391. The Balaban J connectivity index is 3.39. The van der Waals surface area contributed by atoms with Gasteiger partial charge in [0.25, 0.3) is 0 Å². The molecular weight excluding hydrogens is 102 g/mol. The summed E-state index contributed by atoms with van der Waals surface area (Å²) in [7, 11) is 0. The van der Waals surface area contributed by atoms with E-state index in [1.54, 1.807) is 0 Å². The Morgan fingerprint density at radius 1 is 2.38 bits per heavy atom. The van der Waals surface area contributed by atoms with Gasteiger partial charge in [0.05, 0.1) is 2.74 Å². The normalized spacial score (nSPS) is 25.8. The molecule has 44 valence electrons. The molecule has 0 aliphatic rings. The van der Waals surface area contributed by atoms with Crippen LogP contribution in [0, 0.1) is 0 Å². The summed E-state index contributed by atoms with van der Waals surface area (Å²) in [5.41, 5.74) is 5.25. The molecule has 1 heterocycles. The highest BCUT2D eigenvalue weighted by atomic mass is 15.1. The summed E-state index contributed by atoms with van der Waals surface area (Å²) in [6.07, 6.45) is -1.21. The van der Waals surface area contributed by atoms with E-state index in [0.29, 0.717) is 4.57 Å². The van der Waals surface area contributed by atoms with Crippen LogP contribution in [0.3, 0.4) is 0 Å². The van der Waals surface area contributed by atoms with Crippen molar-refractivity contribution in [2.45, 2.75) is 13.3 Å². The lowest BCUT2D eigenvalue weighted by atomic mass is 10.7. The van der Waals surface area contributed by atoms with Gasteiger partial charge in [0, 0.05) is 25.7 Å². The molecule has 8 heavy (non-hydrogen) atoms. The van der Waals surface area contributed by atoms with Gasteiger partial charge in [-0.05, 0) is 6.85 Å². The zero-order valence-electron chi connectivity index (χ0n) is 11.0. The molecule has 0 radical (unpaired) electrons. The molecular formula is C5H9N3. The van der Waals surface area contributed by atoms with E-state index in [2.05, 4.69) is 4.98 Å². The van der Waals surface area contributed by atoms with Gasteiger partial charge in [-0.3, -0.25) is 0 Å². The number of nitrogen functional groups attached to an aromatic ring is 1. The van der Waals surface area contributed by atoms with Crippen LogP contribution in [-0.4, -0.2) is 9.55 Å². The Hall–Kier alpha value is -0.990. The lowest BCUT2D eigenvalue weighted by molar-refractivity contribution is 0.774. The highest BCUT2D eigenvalue weighted by molar-refractivity contribution is 5.15. The Bertz CT molecular complexity index is 379. The van der Waals surface area contributed by atoms with Crippen LogP contribution in [0.15, 0.2) is 12.3 Å². The zero-order valence-corrected chi connectivity index (χ0v) is 3.97. The van der Waals surface area contributed by atoms with E-state index in [-0.39, 0.29) is 0 Å². The molecule has 0 aromatic carbocycles. The van der Waals surface area contributed by atoms with Crippen molar-refractivity contribution in [2.75, 3.05) is 5.73 Å². The van der Waals surface area contributed by atoms with Gasteiger partial charge >= 0.3 is 0 Å². The fourth-order valence-electron chi connectivity index (χ4n) is 0.325. The van der Waals surface area contributed by atoms with Crippen LogP contribution in [0.2, 0.25) is 0 Å². The average Bonchev–Trinajstić information content (AvgIpc) is 2.24. The van der Waals surface area contributed by atoms with Crippen LogP contribution in [0.25, 0.3) is 0 Å². The van der Waals surface area contributed by atoms with Crippen LogP contribution in [0.4, 0.5) is 5.95 Å². The van der Waals surface area contributed by atoms with Gasteiger partial charge in [0.2, 0.25) is 0 Å². The first-order valence-electron chi connectivity index (χ1n) is 5.41. The molecule has 0 fully saturated rings. The van der Waals surface area contributed by atoms with E-state index in [9.17, 15) is 0 Å². The number of hydrogen-bond acceptors (Lipinski definition) is 2. The number of rotatable bonds is 1. The standard InChI is InChI=1S/C5H9N3/c1-2-8-4-3-7-5(8)6/h3-4H,2H2,1H3,(H2,6,7)/i1D3,2D2,3D,4D. The highest BCUT2D eigenvalue weighted by Gasteiger charge is 1.89. The van der Waals surface area contributed by atoms with Gasteiger partial charge in [-0.2, -0.15) is 0 Å². The average molecular weight is 118 g/mol. The second-order valence-electron chi connectivity index (χ2n) is 1.14. The molecule has 3 heteroatoms. The van der Waals surface area contributed by atoms with Crippen molar-refractivity contribution in [3.8, 4) is 0 Å². The molecule has 0 atom stereocenters. The van der Waals surface area contributed by atoms with E-state index in [0.717, 1.165) is 0 Å². The van der Waals surface area contributed by atoms with Crippen molar-refractivity contribution in [1.29, 1.82) is 0 Å². The first-order valence-corrected chi connectivity index (χ1v) is 1.91. The second kappa shape index (κ2) is 1.86. The van der Waals surface area contributed by atoms with Crippen LogP contribution >= 0.6 is 0 Å². The van der Waals surface area contributed by atoms with Crippen LogP contribution in [0.1, 0.15) is 16.4 Å². The van der Waals surface area contributed by atoms with E-state index in [1.165, 1.54) is 0 Å². The topological polar surface area (TPSA) is 43.8 Å². The fourth-order valence-corrected chi connectivity index (χ4v) is 0.325. The van der Waals surface area contributed by atoms with Crippen LogP contribution in [-0.2, 0) is 6.50 Å². The molecule has 0 aliphatic carbocycles. The number of aromatic nitrogens is 2. The predicted molar refractivity (Wildman–Crippen MR) is 32.3 cm³/mol. The fraction of sp³-hybridized carbons (Fsp3) is 0.400. The first kappa shape index (κ1) is 1.29. The highest BCUT2D eigenvalue weighted by Crippen LogP contribution is 1.95. The Morgan fingerprint density at radius 2 is 3.25 bits per heavy atom. The zero-order chi connectivity index (χ0) is 12.0. The molecule has 0 amide bonds. The third-order valence-corrected chi connectivity index (χ3v) is 0.673. The SMILES string of the molecule is [2H]c1nc(N)n(C([2H])([2H])C([2H])([2H])[2H])c1[2H]. The second-order valence-corrected chi connectivity index (χ2v) is 1.14. The largest absolute Gasteiger partial charge is 0.369 e. The van der Waals surface area contributed by atoms with Crippen molar-refractivity contribution in [1.82, 2.24) is 9.55 Å². The van der Waals surface area contributed by atoms with E-state index in [1.807, 2.05) is 0 Å². The molecule has 1 rings (SSSR count). The van der Waals surface area contributed by atoms with Gasteiger partial charge in [-0.1, -0.05) is 0 Å². The molecule has 3 nitrogen and oxygen atoms in total. The summed E-state index contributed by atoms with van der Waals surface area (Å²) in [5, 5.41) is 0. The molecule has 0 saturated carbocycles. The molecule has 0 spiro atoms. The van der Waals surface area contributed by atoms with Gasteiger partial charge in [-0.25, -0.2) is 4.98 Å². The van der Waals surface area contributed by atoms with Crippen LogP contribution < -0.4 is 5.73 Å². The maximum absolute atomic E-state index is 7.36. The van der Waals surface area contributed by atoms with Crippen molar-refractivity contribution >= 4 is 5.95 Å². The van der Waals surface area contributed by atoms with E-state index in [4.69, 9.17) is 15.3 Å². The van der Waals surface area contributed by atoms with Gasteiger partial charge < -0.3 is 10.3 Å². The molecule has 0 bridgehead atoms. The summed E-state index contributed by atoms with van der Waals surface area (Å²) in [6, 6.07) is 0. The Morgan fingerprint density at radius 3 is 3.75 bits per heavy atom. The number of nitrogens with two attached hydrogens (primary N) is 1. The first-order chi connectivity index (χ1) is 6.59. The number of anilines is 1. The quantitative estimate of drug-likeness (QED) is 0.583. The minimum atomic E-state index is -2.98. The molecule has 1 aromatic rings. The summed E-state index contributed by atoms with van der Waals surface area (Å²) in [5.74, 6) is -0.494. The van der Waals surface area contributed by atoms with E-state index >= 15 is 0 Å². The number of imidazole rings is 1. The summed E-state index contributed by atoms with van der Waals surface area (Å²) in [6.45, 7) is -5.83. The molecule has 0 saturated heterocycles. The Kier molecular flexibility index (Phi) is 0.300. The maximum atomic E-state index is 7.36. The summed E-state index contributed by atoms with van der Waals surface area (Å²) < 4.78 is 50.5. The monoisotopic (exact) mass is 118 g/mol. The maximum Gasteiger partial charge on any atom is 0.200 e. The third-order valence-electron chi connectivity index (χ3n) is 0.673. The number of nitrogens with zero attached hydrogens (tertiary/aromatic N) is 2. The van der Waals surface area contributed by atoms with Gasteiger partial charge in [0.1, 0.15) is 0 Å². The van der Waals surface area contributed by atoms with Crippen molar-refractivity contribution in [2.24, 2.45) is 0 Å². The predicted octanol–water partition coefficient (Wildman–Crippen LogP) is 0.485. The van der Waals surface area contributed by atoms with Gasteiger partial charge in [0.15, 0.2) is 5.95 Å². The summed E-state index contributed by atoms with van der Waals surface area (Å²) in [4.78, 5) is 3.32. The molecule has 0 aliphatic heterocycles. The third kappa shape index (κ3) is 0.665.